The number of likely N-dealkylation sites (tertiary alicyclic amines) is 1. The highest BCUT2D eigenvalue weighted by Crippen LogP contribution is 2.17. The Morgan fingerprint density at radius 1 is 1.03 bits per heavy atom. The Bertz CT molecular complexity index is 671. The SMILES string of the molecule is CN=C(NCc1cccc(CN2CCOCC2)c1)N1CCC(N2CCOCC2)C1. The van der Waals surface area contributed by atoms with Gasteiger partial charge in [0.05, 0.1) is 26.4 Å². The van der Waals surface area contributed by atoms with E-state index in [1.165, 1.54) is 17.5 Å². The highest BCUT2D eigenvalue weighted by molar-refractivity contribution is 5.80. The van der Waals surface area contributed by atoms with E-state index in [-0.39, 0.29) is 0 Å². The van der Waals surface area contributed by atoms with E-state index in [4.69, 9.17) is 9.47 Å². The van der Waals surface area contributed by atoms with Gasteiger partial charge in [0, 0.05) is 65.4 Å². The Morgan fingerprint density at radius 3 is 2.52 bits per heavy atom. The molecule has 3 heterocycles. The van der Waals surface area contributed by atoms with Gasteiger partial charge in [-0.05, 0) is 17.5 Å². The second kappa shape index (κ2) is 10.4. The maximum absolute atomic E-state index is 5.50. The number of rotatable bonds is 5. The molecule has 29 heavy (non-hydrogen) atoms. The first-order chi connectivity index (χ1) is 14.3. The number of guanidine groups is 1. The Kier molecular flexibility index (Phi) is 7.38. The minimum atomic E-state index is 0.620. The number of aliphatic imine (C=N–C) groups is 1. The van der Waals surface area contributed by atoms with E-state index < -0.39 is 0 Å². The summed E-state index contributed by atoms with van der Waals surface area (Å²) in [5.74, 6) is 1.01. The van der Waals surface area contributed by atoms with Gasteiger partial charge in [0.15, 0.2) is 5.96 Å². The van der Waals surface area contributed by atoms with Crippen molar-refractivity contribution >= 4 is 5.96 Å². The van der Waals surface area contributed by atoms with E-state index in [1.807, 2.05) is 7.05 Å². The number of ether oxygens (including phenoxy) is 2. The van der Waals surface area contributed by atoms with Crippen molar-refractivity contribution in [2.45, 2.75) is 25.6 Å². The highest BCUT2D eigenvalue weighted by atomic mass is 16.5. The number of nitrogens with one attached hydrogen (secondary N) is 1. The largest absolute Gasteiger partial charge is 0.379 e. The van der Waals surface area contributed by atoms with Crippen molar-refractivity contribution < 1.29 is 9.47 Å². The minimum Gasteiger partial charge on any atom is -0.379 e. The molecule has 7 nitrogen and oxygen atoms in total. The number of nitrogens with zero attached hydrogens (tertiary/aromatic N) is 4. The maximum Gasteiger partial charge on any atom is 0.193 e. The maximum atomic E-state index is 5.50. The van der Waals surface area contributed by atoms with Crippen LogP contribution in [-0.2, 0) is 22.6 Å². The summed E-state index contributed by atoms with van der Waals surface area (Å²) in [7, 11) is 1.89. The lowest BCUT2D eigenvalue weighted by molar-refractivity contribution is 0.0195. The smallest absolute Gasteiger partial charge is 0.193 e. The molecule has 3 aliphatic rings. The van der Waals surface area contributed by atoms with E-state index in [0.29, 0.717) is 6.04 Å². The Balaban J connectivity index is 1.28. The molecule has 0 aromatic heterocycles. The van der Waals surface area contributed by atoms with Crippen molar-refractivity contribution in [1.82, 2.24) is 20.0 Å². The zero-order valence-electron chi connectivity index (χ0n) is 17.7. The molecule has 0 spiro atoms. The molecule has 1 unspecified atom stereocenters. The molecular formula is C22H35N5O2. The van der Waals surface area contributed by atoms with E-state index >= 15 is 0 Å². The molecule has 1 N–H and O–H groups in total. The molecule has 0 bridgehead atoms. The Morgan fingerprint density at radius 2 is 1.76 bits per heavy atom. The summed E-state index contributed by atoms with van der Waals surface area (Å²) in [6, 6.07) is 9.52. The zero-order valence-corrected chi connectivity index (χ0v) is 17.7. The Hall–Kier alpha value is -1.67. The van der Waals surface area contributed by atoms with Crippen LogP contribution in [0, 0.1) is 0 Å². The van der Waals surface area contributed by atoms with Crippen LogP contribution in [0.1, 0.15) is 17.5 Å². The predicted molar refractivity (Wildman–Crippen MR) is 115 cm³/mol. The van der Waals surface area contributed by atoms with E-state index in [0.717, 1.165) is 84.7 Å². The van der Waals surface area contributed by atoms with Gasteiger partial charge >= 0.3 is 0 Å². The molecule has 160 valence electrons. The fourth-order valence-corrected chi connectivity index (χ4v) is 4.54. The highest BCUT2D eigenvalue weighted by Gasteiger charge is 2.30. The van der Waals surface area contributed by atoms with Crippen molar-refractivity contribution in [3.63, 3.8) is 0 Å². The second-order valence-electron chi connectivity index (χ2n) is 8.15. The van der Waals surface area contributed by atoms with Crippen LogP contribution in [0.15, 0.2) is 29.3 Å². The van der Waals surface area contributed by atoms with Crippen molar-refractivity contribution in [2.24, 2.45) is 4.99 Å². The first-order valence-corrected chi connectivity index (χ1v) is 11.0. The molecule has 0 amide bonds. The molecule has 1 aromatic carbocycles. The third kappa shape index (κ3) is 5.69. The summed E-state index contributed by atoms with van der Waals surface area (Å²) in [4.78, 5) is 12.0. The van der Waals surface area contributed by atoms with Gasteiger partial charge in [-0.2, -0.15) is 0 Å². The summed E-state index contributed by atoms with van der Waals surface area (Å²) in [6.45, 7) is 11.5. The normalized spacial score (nSPS) is 24.8. The van der Waals surface area contributed by atoms with Gasteiger partial charge in [-0.1, -0.05) is 24.3 Å². The lowest BCUT2D eigenvalue weighted by Gasteiger charge is -2.32. The van der Waals surface area contributed by atoms with Gasteiger partial charge in [-0.15, -0.1) is 0 Å². The van der Waals surface area contributed by atoms with Gasteiger partial charge in [0.1, 0.15) is 0 Å². The van der Waals surface area contributed by atoms with Crippen LogP contribution in [0.25, 0.3) is 0 Å². The summed E-state index contributed by atoms with van der Waals surface area (Å²) < 4.78 is 11.0. The molecule has 7 heteroatoms. The summed E-state index contributed by atoms with van der Waals surface area (Å²) in [5, 5.41) is 3.58. The Labute approximate surface area is 174 Å². The predicted octanol–water partition coefficient (Wildman–Crippen LogP) is 1.00. The second-order valence-corrected chi connectivity index (χ2v) is 8.15. The lowest BCUT2D eigenvalue weighted by Crippen LogP contribution is -2.46. The van der Waals surface area contributed by atoms with E-state index in [9.17, 15) is 0 Å². The van der Waals surface area contributed by atoms with Crippen molar-refractivity contribution in [3.8, 4) is 0 Å². The molecule has 0 aliphatic carbocycles. The summed E-state index contributed by atoms with van der Waals surface area (Å²) >= 11 is 0. The van der Waals surface area contributed by atoms with Crippen LogP contribution in [0.3, 0.4) is 0 Å². The average Bonchev–Trinajstić information content (AvgIpc) is 3.26. The van der Waals surface area contributed by atoms with Gasteiger partial charge in [-0.25, -0.2) is 0 Å². The van der Waals surface area contributed by atoms with Crippen molar-refractivity contribution in [1.29, 1.82) is 0 Å². The number of hydrogen-bond donors (Lipinski definition) is 1. The minimum absolute atomic E-state index is 0.620. The van der Waals surface area contributed by atoms with E-state index in [2.05, 4.69) is 49.3 Å². The molecule has 3 fully saturated rings. The van der Waals surface area contributed by atoms with Crippen molar-refractivity contribution in [2.75, 3.05) is 72.7 Å². The fourth-order valence-electron chi connectivity index (χ4n) is 4.54. The van der Waals surface area contributed by atoms with Crippen LogP contribution in [-0.4, -0.2) is 99.4 Å². The number of morpholine rings is 2. The third-order valence-corrected chi connectivity index (χ3v) is 6.19. The lowest BCUT2D eigenvalue weighted by atomic mass is 10.1. The van der Waals surface area contributed by atoms with Gasteiger partial charge in [0.2, 0.25) is 0 Å². The molecule has 4 rings (SSSR count). The van der Waals surface area contributed by atoms with Crippen LogP contribution in [0.5, 0.6) is 0 Å². The van der Waals surface area contributed by atoms with E-state index in [1.54, 1.807) is 0 Å². The number of hydrogen-bond acceptors (Lipinski definition) is 5. The molecule has 0 radical (unpaired) electrons. The molecule has 0 saturated carbocycles. The van der Waals surface area contributed by atoms with Crippen molar-refractivity contribution in [3.05, 3.63) is 35.4 Å². The summed E-state index contributed by atoms with van der Waals surface area (Å²) in [6.07, 6.45) is 1.20. The van der Waals surface area contributed by atoms with Crippen LogP contribution >= 0.6 is 0 Å². The molecule has 1 atom stereocenters. The fraction of sp³-hybridized carbons (Fsp3) is 0.682. The molecule has 3 aliphatic heterocycles. The van der Waals surface area contributed by atoms with Crippen LogP contribution in [0.2, 0.25) is 0 Å². The molecular weight excluding hydrogens is 366 g/mol. The monoisotopic (exact) mass is 401 g/mol. The van der Waals surface area contributed by atoms with Crippen LogP contribution < -0.4 is 5.32 Å². The topological polar surface area (TPSA) is 52.6 Å². The quantitative estimate of drug-likeness (QED) is 0.587. The zero-order chi connectivity index (χ0) is 19.9. The van der Waals surface area contributed by atoms with Crippen LogP contribution in [0.4, 0.5) is 0 Å². The first kappa shape index (κ1) is 20.6. The average molecular weight is 402 g/mol. The third-order valence-electron chi connectivity index (χ3n) is 6.19. The van der Waals surface area contributed by atoms with Gasteiger partial charge in [0.25, 0.3) is 0 Å². The number of benzene rings is 1. The van der Waals surface area contributed by atoms with Gasteiger partial charge < -0.3 is 19.7 Å². The molecule has 1 aromatic rings. The summed E-state index contributed by atoms with van der Waals surface area (Å²) in [5.41, 5.74) is 2.68. The molecule has 3 saturated heterocycles. The standard InChI is InChI=1S/C22H35N5O2/c1-23-22(27-6-5-21(18-27)26-9-13-29-14-10-26)24-16-19-3-2-4-20(15-19)17-25-7-11-28-12-8-25/h2-4,15,21H,5-14,16-18H2,1H3,(H,23,24). The first-order valence-electron chi connectivity index (χ1n) is 11.0. The van der Waals surface area contributed by atoms with Gasteiger partial charge in [-0.3, -0.25) is 14.8 Å².